The Morgan fingerprint density at radius 3 is 2.25 bits per heavy atom. The minimum Gasteiger partial charge on any atom is -0.465 e. The van der Waals surface area contributed by atoms with Gasteiger partial charge in [-0.25, -0.2) is 4.79 Å². The Morgan fingerprint density at radius 1 is 1.07 bits per heavy atom. The lowest BCUT2D eigenvalue weighted by Crippen LogP contribution is -2.51. The van der Waals surface area contributed by atoms with Crippen molar-refractivity contribution in [2.45, 2.75) is 25.5 Å². The van der Waals surface area contributed by atoms with Crippen LogP contribution in [0.25, 0.3) is 11.1 Å². The van der Waals surface area contributed by atoms with Crippen LogP contribution in [0.4, 0.5) is 16.2 Å². The summed E-state index contributed by atoms with van der Waals surface area (Å²) in [5.41, 5.74) is 2.69. The van der Waals surface area contributed by atoms with Crippen LogP contribution in [-0.4, -0.2) is 48.0 Å². The third kappa shape index (κ3) is 2.93. The molecule has 1 atom stereocenters. The molecule has 2 aliphatic rings. The maximum Gasteiger partial charge on any atom is 0.411 e. The molecule has 28 heavy (non-hydrogen) atoms. The molecule has 1 fully saturated rings. The van der Waals surface area contributed by atoms with Crippen LogP contribution in [0, 0.1) is 0 Å². The number of nitrogens with zero attached hydrogens (tertiary/aromatic N) is 2. The zero-order chi connectivity index (χ0) is 20.1. The number of hydrogen-bond acceptors (Lipinski definition) is 4. The van der Waals surface area contributed by atoms with Gasteiger partial charge in [-0.05, 0) is 35.7 Å². The Hall–Kier alpha value is -2.90. The first-order chi connectivity index (χ1) is 13.3. The molecule has 0 spiro atoms. The van der Waals surface area contributed by atoms with Gasteiger partial charge in [0.05, 0.1) is 30.6 Å². The third-order valence-corrected chi connectivity index (χ3v) is 5.42. The van der Waals surface area contributed by atoms with Crippen molar-refractivity contribution in [3.63, 3.8) is 0 Å². The van der Waals surface area contributed by atoms with Crippen LogP contribution in [0.5, 0.6) is 0 Å². The number of rotatable bonds is 2. The molecule has 2 aliphatic heterocycles. The molecular formula is C21H22N2O5. The second-order valence-electron chi connectivity index (χ2n) is 7.44. The van der Waals surface area contributed by atoms with Crippen molar-refractivity contribution in [1.82, 2.24) is 0 Å². The average Bonchev–Trinajstić information content (AvgIpc) is 2.64. The Kier molecular flexibility index (Phi) is 4.36. The summed E-state index contributed by atoms with van der Waals surface area (Å²) in [6.07, 6.45) is -1.05. The highest BCUT2D eigenvalue weighted by molar-refractivity contribution is 6.02. The molecule has 2 aromatic carbocycles. The van der Waals surface area contributed by atoms with Crippen molar-refractivity contribution in [2.24, 2.45) is 0 Å². The molecule has 7 nitrogen and oxygen atoms in total. The summed E-state index contributed by atoms with van der Waals surface area (Å²) in [6.45, 7) is 4.12. The van der Waals surface area contributed by atoms with E-state index in [1.54, 1.807) is 17.0 Å². The highest BCUT2D eigenvalue weighted by Gasteiger charge is 2.38. The van der Waals surface area contributed by atoms with Crippen LogP contribution in [0.2, 0.25) is 0 Å². The largest absolute Gasteiger partial charge is 0.465 e. The summed E-state index contributed by atoms with van der Waals surface area (Å²) >= 11 is 0. The van der Waals surface area contributed by atoms with Crippen LogP contribution in [0.3, 0.4) is 0 Å². The van der Waals surface area contributed by atoms with Crippen molar-refractivity contribution in [3.8, 4) is 11.1 Å². The zero-order valence-electron chi connectivity index (χ0n) is 15.8. The summed E-state index contributed by atoms with van der Waals surface area (Å²) in [7, 11) is 0. The van der Waals surface area contributed by atoms with Crippen molar-refractivity contribution in [2.75, 3.05) is 29.6 Å². The second-order valence-corrected chi connectivity index (χ2v) is 7.44. The maximum absolute atomic E-state index is 12.1. The molecule has 0 aromatic heterocycles. The molecule has 0 aliphatic carbocycles. The number of benzene rings is 2. The molecule has 0 saturated carbocycles. The molecule has 1 saturated heterocycles. The highest BCUT2D eigenvalue weighted by atomic mass is 16.5. The van der Waals surface area contributed by atoms with E-state index in [1.807, 2.05) is 37.3 Å². The van der Waals surface area contributed by atoms with Crippen LogP contribution in [-0.2, 0) is 15.1 Å². The molecule has 2 aromatic rings. The van der Waals surface area contributed by atoms with E-state index in [1.165, 1.54) is 11.8 Å². The lowest BCUT2D eigenvalue weighted by atomic mass is 9.90. The summed E-state index contributed by atoms with van der Waals surface area (Å²) in [5.74, 6) is -0.119. The number of carboxylic acid groups (broad SMARTS) is 1. The van der Waals surface area contributed by atoms with E-state index in [4.69, 9.17) is 4.74 Å². The van der Waals surface area contributed by atoms with Gasteiger partial charge in [-0.15, -0.1) is 0 Å². The quantitative estimate of drug-likeness (QED) is 0.834. The van der Waals surface area contributed by atoms with Crippen molar-refractivity contribution in [3.05, 3.63) is 48.0 Å². The fraction of sp³-hybridized carbons (Fsp3) is 0.333. The fourth-order valence-corrected chi connectivity index (χ4v) is 3.90. The summed E-state index contributed by atoms with van der Waals surface area (Å²) in [5, 5.41) is 20.0. The molecule has 7 heteroatoms. The van der Waals surface area contributed by atoms with Gasteiger partial charge in [0.1, 0.15) is 5.60 Å². The molecule has 146 valence electrons. The minimum atomic E-state index is -1.05. The number of anilines is 2. The number of fused-ring (bicyclic) bond motifs is 1. The monoisotopic (exact) mass is 382 g/mol. The molecule has 2 heterocycles. The van der Waals surface area contributed by atoms with Gasteiger partial charge in [-0.2, -0.15) is 0 Å². The van der Waals surface area contributed by atoms with Gasteiger partial charge in [0.15, 0.2) is 0 Å². The Morgan fingerprint density at radius 2 is 1.71 bits per heavy atom. The SMILES string of the molecule is CC(=O)N1c2ccc(-c3ccc(C4(O)COC4)cc3)cc2N(C(=O)O)C[C@@H]1C. The normalized spacial score (nSPS) is 20.3. The number of amides is 2. The van der Waals surface area contributed by atoms with Gasteiger partial charge < -0.3 is 19.8 Å². The third-order valence-electron chi connectivity index (χ3n) is 5.42. The van der Waals surface area contributed by atoms with E-state index in [2.05, 4.69) is 0 Å². The van der Waals surface area contributed by atoms with Crippen molar-refractivity contribution >= 4 is 23.4 Å². The maximum atomic E-state index is 12.1. The lowest BCUT2D eigenvalue weighted by Gasteiger charge is -2.39. The van der Waals surface area contributed by atoms with Gasteiger partial charge in [0, 0.05) is 13.5 Å². The van der Waals surface area contributed by atoms with Gasteiger partial charge >= 0.3 is 6.09 Å². The summed E-state index contributed by atoms with van der Waals surface area (Å²) in [4.78, 5) is 26.8. The molecule has 4 rings (SSSR count). The van der Waals surface area contributed by atoms with Crippen LogP contribution in [0.1, 0.15) is 19.4 Å². The topological polar surface area (TPSA) is 90.3 Å². The van der Waals surface area contributed by atoms with Gasteiger partial charge in [-0.1, -0.05) is 30.3 Å². The molecule has 0 radical (unpaired) electrons. The minimum absolute atomic E-state index is 0.119. The average molecular weight is 382 g/mol. The summed E-state index contributed by atoms with van der Waals surface area (Å²) in [6, 6.07) is 12.7. The first kappa shape index (κ1) is 18.5. The number of ether oxygens (including phenoxy) is 1. The second kappa shape index (κ2) is 6.61. The predicted molar refractivity (Wildman–Crippen MR) is 105 cm³/mol. The Balaban J connectivity index is 1.73. The van der Waals surface area contributed by atoms with Crippen molar-refractivity contribution < 1.29 is 24.5 Å². The zero-order valence-corrected chi connectivity index (χ0v) is 15.8. The lowest BCUT2D eigenvalue weighted by molar-refractivity contribution is -0.184. The number of hydrogen-bond donors (Lipinski definition) is 2. The van der Waals surface area contributed by atoms with Gasteiger partial charge in [0.25, 0.3) is 0 Å². The number of carbonyl (C=O) groups excluding carboxylic acids is 1. The Labute approximate surface area is 162 Å². The Bertz CT molecular complexity index is 936. The predicted octanol–water partition coefficient (Wildman–Crippen LogP) is 2.81. The fourth-order valence-electron chi connectivity index (χ4n) is 3.90. The van der Waals surface area contributed by atoms with E-state index < -0.39 is 11.7 Å². The van der Waals surface area contributed by atoms with Crippen LogP contribution >= 0.6 is 0 Å². The molecule has 0 unspecified atom stereocenters. The van der Waals surface area contributed by atoms with E-state index in [-0.39, 0.29) is 31.7 Å². The molecule has 0 bridgehead atoms. The molecule has 2 N–H and O–H groups in total. The standard InChI is InChI=1S/C21H22N2O5/c1-13-10-22(20(25)26)19-9-16(5-8-18(19)23(13)14(2)24)15-3-6-17(7-4-15)21(27)11-28-12-21/h3-9,13,27H,10-12H2,1-2H3,(H,25,26)/t13-/m0/s1. The molecular weight excluding hydrogens is 360 g/mol. The first-order valence-electron chi connectivity index (χ1n) is 9.15. The highest BCUT2D eigenvalue weighted by Crippen LogP contribution is 2.39. The number of carbonyl (C=O) groups is 2. The van der Waals surface area contributed by atoms with Crippen LogP contribution in [0.15, 0.2) is 42.5 Å². The van der Waals surface area contributed by atoms with Crippen LogP contribution < -0.4 is 9.80 Å². The van der Waals surface area contributed by atoms with Gasteiger partial charge in [-0.3, -0.25) is 9.69 Å². The van der Waals surface area contributed by atoms with E-state index in [0.29, 0.717) is 11.4 Å². The summed E-state index contributed by atoms with van der Waals surface area (Å²) < 4.78 is 5.10. The van der Waals surface area contributed by atoms with Crippen molar-refractivity contribution in [1.29, 1.82) is 0 Å². The van der Waals surface area contributed by atoms with Gasteiger partial charge in [0.2, 0.25) is 5.91 Å². The smallest absolute Gasteiger partial charge is 0.411 e. The van der Waals surface area contributed by atoms with E-state index in [9.17, 15) is 19.8 Å². The van der Waals surface area contributed by atoms with E-state index >= 15 is 0 Å². The first-order valence-corrected chi connectivity index (χ1v) is 9.15. The number of aliphatic hydroxyl groups is 1. The molecule has 2 amide bonds. The van der Waals surface area contributed by atoms with E-state index in [0.717, 1.165) is 16.7 Å².